The predicted molar refractivity (Wildman–Crippen MR) is 86.2 cm³/mol. The molecule has 2 aliphatic rings. The van der Waals surface area contributed by atoms with Crippen molar-refractivity contribution in [3.63, 3.8) is 0 Å². The molecule has 0 atom stereocenters. The summed E-state index contributed by atoms with van der Waals surface area (Å²) >= 11 is 1.98. The third kappa shape index (κ3) is 4.04. The van der Waals surface area contributed by atoms with E-state index >= 15 is 0 Å². The second kappa shape index (κ2) is 6.56. The third-order valence-electron chi connectivity index (χ3n) is 4.58. The molecule has 0 radical (unpaired) electrons. The molecule has 1 aliphatic heterocycles. The summed E-state index contributed by atoms with van der Waals surface area (Å²) in [6, 6.07) is 6.20. The summed E-state index contributed by atoms with van der Waals surface area (Å²) in [5.74, 6) is 0. The van der Waals surface area contributed by atoms with Crippen LogP contribution in [0.3, 0.4) is 0 Å². The minimum Gasteiger partial charge on any atom is -0.309 e. The molecule has 3 nitrogen and oxygen atoms in total. The number of nitrogens with one attached hydrogen (secondary N) is 1. The molecule has 1 aromatic rings. The highest BCUT2D eigenvalue weighted by atomic mass is 32.1. The number of hydrogen-bond donors (Lipinski definition) is 1. The van der Waals surface area contributed by atoms with E-state index in [1.54, 1.807) is 0 Å². The van der Waals surface area contributed by atoms with Crippen LogP contribution in [-0.4, -0.2) is 49.1 Å². The van der Waals surface area contributed by atoms with E-state index in [1.807, 2.05) is 11.3 Å². The molecule has 0 amide bonds. The maximum atomic E-state index is 3.60. The summed E-state index contributed by atoms with van der Waals surface area (Å²) in [5.41, 5.74) is 0. The van der Waals surface area contributed by atoms with Crippen molar-refractivity contribution in [1.29, 1.82) is 0 Å². The normalized spacial score (nSPS) is 21.8. The molecule has 1 N–H and O–H groups in total. The van der Waals surface area contributed by atoms with Gasteiger partial charge in [0.1, 0.15) is 0 Å². The summed E-state index contributed by atoms with van der Waals surface area (Å²) in [4.78, 5) is 8.00. The van der Waals surface area contributed by atoms with Gasteiger partial charge in [0, 0.05) is 34.9 Å². The van der Waals surface area contributed by atoms with Crippen molar-refractivity contribution in [2.45, 2.75) is 50.9 Å². The Kier molecular flexibility index (Phi) is 4.76. The van der Waals surface area contributed by atoms with Gasteiger partial charge in [-0.25, -0.2) is 0 Å². The van der Waals surface area contributed by atoms with Crippen molar-refractivity contribution in [3.8, 4) is 0 Å². The van der Waals surface area contributed by atoms with Crippen LogP contribution in [0.2, 0.25) is 0 Å². The first-order valence-corrected chi connectivity index (χ1v) is 8.72. The van der Waals surface area contributed by atoms with E-state index in [4.69, 9.17) is 0 Å². The maximum absolute atomic E-state index is 3.60. The molecule has 20 heavy (non-hydrogen) atoms. The Labute approximate surface area is 127 Å². The second-order valence-corrected chi connectivity index (χ2v) is 7.73. The lowest BCUT2D eigenvalue weighted by Crippen LogP contribution is -2.41. The minimum atomic E-state index is 0.765. The number of nitrogens with zero attached hydrogens (tertiary/aromatic N) is 2. The molecule has 0 spiro atoms. The Morgan fingerprint density at radius 2 is 1.90 bits per heavy atom. The van der Waals surface area contributed by atoms with Gasteiger partial charge in [-0.3, -0.25) is 4.90 Å². The highest BCUT2D eigenvalue weighted by Gasteiger charge is 2.22. The van der Waals surface area contributed by atoms with Gasteiger partial charge in [-0.15, -0.1) is 11.3 Å². The predicted octanol–water partition coefficient (Wildman–Crippen LogP) is 2.53. The van der Waals surface area contributed by atoms with Crippen molar-refractivity contribution in [2.75, 3.05) is 27.2 Å². The van der Waals surface area contributed by atoms with Crippen molar-refractivity contribution < 1.29 is 0 Å². The molecule has 1 aromatic heterocycles. The van der Waals surface area contributed by atoms with E-state index in [2.05, 4.69) is 41.3 Å². The molecule has 3 rings (SSSR count). The zero-order valence-electron chi connectivity index (χ0n) is 12.8. The zero-order chi connectivity index (χ0) is 13.9. The van der Waals surface area contributed by atoms with Crippen LogP contribution in [0.5, 0.6) is 0 Å². The van der Waals surface area contributed by atoms with Crippen LogP contribution in [0.1, 0.15) is 35.4 Å². The molecule has 1 aliphatic carbocycles. The first kappa shape index (κ1) is 14.5. The standard InChI is InChI=1S/C16H27N3S/c1-18-9-7-14(8-10-18)19(2)12-16-6-5-15(20-16)11-17-13-3-4-13/h5-6,13-14,17H,3-4,7-12H2,1-2H3. The fourth-order valence-electron chi connectivity index (χ4n) is 2.95. The quantitative estimate of drug-likeness (QED) is 0.869. The van der Waals surface area contributed by atoms with Gasteiger partial charge in [-0.1, -0.05) is 0 Å². The average Bonchev–Trinajstić information content (AvgIpc) is 3.17. The molecule has 112 valence electrons. The number of piperidine rings is 1. The molecule has 1 saturated carbocycles. The lowest BCUT2D eigenvalue weighted by molar-refractivity contribution is 0.140. The molecule has 2 fully saturated rings. The van der Waals surface area contributed by atoms with Crippen LogP contribution in [0, 0.1) is 0 Å². The van der Waals surface area contributed by atoms with Gasteiger partial charge >= 0.3 is 0 Å². The van der Waals surface area contributed by atoms with Gasteiger partial charge in [0.25, 0.3) is 0 Å². The van der Waals surface area contributed by atoms with Crippen molar-refractivity contribution >= 4 is 11.3 Å². The number of likely N-dealkylation sites (tertiary alicyclic amines) is 1. The first-order valence-electron chi connectivity index (χ1n) is 7.90. The van der Waals surface area contributed by atoms with Crippen LogP contribution in [0.4, 0.5) is 0 Å². The zero-order valence-corrected chi connectivity index (χ0v) is 13.6. The van der Waals surface area contributed by atoms with Crippen molar-refractivity contribution in [3.05, 3.63) is 21.9 Å². The number of thiophene rings is 1. The number of rotatable bonds is 6. The van der Waals surface area contributed by atoms with Crippen molar-refractivity contribution in [2.24, 2.45) is 0 Å². The van der Waals surface area contributed by atoms with Crippen LogP contribution in [-0.2, 0) is 13.1 Å². The average molecular weight is 293 g/mol. The molecule has 1 saturated heterocycles. The van der Waals surface area contributed by atoms with Gasteiger partial charge in [0.2, 0.25) is 0 Å². The van der Waals surface area contributed by atoms with Crippen molar-refractivity contribution in [1.82, 2.24) is 15.1 Å². The molecule has 0 bridgehead atoms. The Morgan fingerprint density at radius 1 is 1.20 bits per heavy atom. The Morgan fingerprint density at radius 3 is 2.60 bits per heavy atom. The largest absolute Gasteiger partial charge is 0.309 e. The van der Waals surface area contributed by atoms with Crippen LogP contribution < -0.4 is 5.32 Å². The summed E-state index contributed by atoms with van der Waals surface area (Å²) in [7, 11) is 4.52. The highest BCUT2D eigenvalue weighted by Crippen LogP contribution is 2.23. The second-order valence-electron chi connectivity index (χ2n) is 6.47. The summed E-state index contributed by atoms with van der Waals surface area (Å²) in [6.07, 6.45) is 5.37. The van der Waals surface area contributed by atoms with E-state index in [0.29, 0.717) is 0 Å². The molecule has 2 heterocycles. The van der Waals surface area contributed by atoms with Crippen LogP contribution in [0.25, 0.3) is 0 Å². The Bertz CT molecular complexity index is 419. The van der Waals surface area contributed by atoms with Crippen LogP contribution in [0.15, 0.2) is 12.1 Å². The van der Waals surface area contributed by atoms with E-state index in [1.165, 1.54) is 48.5 Å². The Hall–Kier alpha value is -0.420. The SMILES string of the molecule is CN1CCC(N(C)Cc2ccc(CNC3CC3)s2)CC1. The van der Waals surface area contributed by atoms with Gasteiger partial charge in [-0.2, -0.15) is 0 Å². The van der Waals surface area contributed by atoms with Gasteiger partial charge in [0.05, 0.1) is 0 Å². The molecular formula is C16H27N3S. The van der Waals surface area contributed by atoms with Gasteiger partial charge in [0.15, 0.2) is 0 Å². The van der Waals surface area contributed by atoms with Gasteiger partial charge in [-0.05, 0) is 65.0 Å². The topological polar surface area (TPSA) is 18.5 Å². The first-order chi connectivity index (χ1) is 9.70. The summed E-state index contributed by atoms with van der Waals surface area (Å²) < 4.78 is 0. The molecule has 0 aromatic carbocycles. The summed E-state index contributed by atoms with van der Waals surface area (Å²) in [6.45, 7) is 4.67. The van der Waals surface area contributed by atoms with E-state index < -0.39 is 0 Å². The minimum absolute atomic E-state index is 0.765. The lowest BCUT2D eigenvalue weighted by atomic mass is 10.0. The van der Waals surface area contributed by atoms with Crippen LogP contribution >= 0.6 is 11.3 Å². The van der Waals surface area contributed by atoms with E-state index in [9.17, 15) is 0 Å². The lowest BCUT2D eigenvalue weighted by Gasteiger charge is -2.34. The maximum Gasteiger partial charge on any atom is 0.0327 e. The molecular weight excluding hydrogens is 266 g/mol. The monoisotopic (exact) mass is 293 g/mol. The highest BCUT2D eigenvalue weighted by molar-refractivity contribution is 7.11. The Balaban J connectivity index is 1.46. The fraction of sp³-hybridized carbons (Fsp3) is 0.750. The third-order valence-corrected chi connectivity index (χ3v) is 5.65. The van der Waals surface area contributed by atoms with E-state index in [0.717, 1.165) is 25.2 Å². The number of hydrogen-bond acceptors (Lipinski definition) is 4. The molecule has 4 heteroatoms. The smallest absolute Gasteiger partial charge is 0.0327 e. The van der Waals surface area contributed by atoms with E-state index in [-0.39, 0.29) is 0 Å². The van der Waals surface area contributed by atoms with Gasteiger partial charge < -0.3 is 10.2 Å². The fourth-order valence-corrected chi connectivity index (χ4v) is 3.98. The molecule has 0 unspecified atom stereocenters. The summed E-state index contributed by atoms with van der Waals surface area (Å²) in [5, 5.41) is 3.60.